The first-order valence-electron chi connectivity index (χ1n) is 6.91. The van der Waals surface area contributed by atoms with Gasteiger partial charge in [-0.15, -0.1) is 0 Å². The topological polar surface area (TPSA) is 66.9 Å². The van der Waals surface area contributed by atoms with Crippen LogP contribution in [-0.2, 0) is 0 Å². The fourth-order valence-electron chi connectivity index (χ4n) is 1.96. The standard InChI is InChI=1S/C17H13FN4O/c18-13-4-1-5-14(9-13)21-16-7-6-15(11-20-16)22-17(23)12-3-2-8-19-10-12/h1-11H,(H,20,21)(H,22,23). The van der Waals surface area contributed by atoms with Crippen LogP contribution in [0.15, 0.2) is 67.1 Å². The first-order chi connectivity index (χ1) is 11.2. The summed E-state index contributed by atoms with van der Waals surface area (Å²) >= 11 is 0. The summed E-state index contributed by atoms with van der Waals surface area (Å²) in [5.41, 5.74) is 1.63. The molecule has 5 nitrogen and oxygen atoms in total. The zero-order valence-electron chi connectivity index (χ0n) is 12.0. The number of pyridine rings is 2. The number of nitrogens with zero attached hydrogens (tertiary/aromatic N) is 2. The largest absolute Gasteiger partial charge is 0.340 e. The molecule has 1 aromatic carbocycles. The highest BCUT2D eigenvalue weighted by molar-refractivity contribution is 6.03. The normalized spacial score (nSPS) is 10.1. The smallest absolute Gasteiger partial charge is 0.257 e. The van der Waals surface area contributed by atoms with E-state index in [0.717, 1.165) is 0 Å². The van der Waals surface area contributed by atoms with Gasteiger partial charge in [0, 0.05) is 18.1 Å². The number of benzene rings is 1. The van der Waals surface area contributed by atoms with Crippen LogP contribution in [0, 0.1) is 5.82 Å². The van der Waals surface area contributed by atoms with E-state index >= 15 is 0 Å². The number of amides is 1. The summed E-state index contributed by atoms with van der Waals surface area (Å²) in [7, 11) is 0. The molecule has 0 bridgehead atoms. The Labute approximate surface area is 132 Å². The second-order valence-electron chi connectivity index (χ2n) is 4.76. The van der Waals surface area contributed by atoms with Gasteiger partial charge < -0.3 is 10.6 Å². The molecule has 0 atom stereocenters. The third kappa shape index (κ3) is 3.88. The van der Waals surface area contributed by atoms with Crippen LogP contribution in [0.5, 0.6) is 0 Å². The fraction of sp³-hybridized carbons (Fsp3) is 0. The summed E-state index contributed by atoms with van der Waals surface area (Å²) in [6, 6.07) is 12.9. The second-order valence-corrected chi connectivity index (χ2v) is 4.76. The van der Waals surface area contributed by atoms with Gasteiger partial charge in [-0.1, -0.05) is 6.07 Å². The molecule has 3 aromatic rings. The first-order valence-corrected chi connectivity index (χ1v) is 6.91. The van der Waals surface area contributed by atoms with Crippen molar-refractivity contribution in [3.05, 3.63) is 78.5 Å². The molecule has 0 saturated carbocycles. The SMILES string of the molecule is O=C(Nc1ccc(Nc2cccc(F)c2)nc1)c1cccnc1. The van der Waals surface area contributed by atoms with Gasteiger partial charge in [0.25, 0.3) is 5.91 Å². The van der Waals surface area contributed by atoms with Crippen molar-refractivity contribution < 1.29 is 9.18 Å². The number of nitrogens with one attached hydrogen (secondary N) is 2. The van der Waals surface area contributed by atoms with E-state index in [-0.39, 0.29) is 11.7 Å². The van der Waals surface area contributed by atoms with Crippen LogP contribution < -0.4 is 10.6 Å². The van der Waals surface area contributed by atoms with Crippen LogP contribution in [0.4, 0.5) is 21.6 Å². The minimum atomic E-state index is -0.324. The van der Waals surface area contributed by atoms with Gasteiger partial charge in [0.15, 0.2) is 0 Å². The minimum absolute atomic E-state index is 0.259. The van der Waals surface area contributed by atoms with Crippen LogP contribution in [0.25, 0.3) is 0 Å². The number of aromatic nitrogens is 2. The summed E-state index contributed by atoms with van der Waals surface area (Å²) in [5.74, 6) is -0.0314. The van der Waals surface area contributed by atoms with Crippen molar-refractivity contribution in [1.82, 2.24) is 9.97 Å². The molecular weight excluding hydrogens is 295 g/mol. The number of halogens is 1. The monoisotopic (exact) mass is 308 g/mol. The molecule has 114 valence electrons. The van der Waals surface area contributed by atoms with E-state index in [0.29, 0.717) is 22.8 Å². The summed E-state index contributed by atoms with van der Waals surface area (Å²) < 4.78 is 13.1. The summed E-state index contributed by atoms with van der Waals surface area (Å²) in [4.78, 5) is 20.1. The molecule has 1 amide bonds. The Morgan fingerprint density at radius 3 is 2.61 bits per heavy atom. The Kier molecular flexibility index (Phi) is 4.24. The molecule has 23 heavy (non-hydrogen) atoms. The minimum Gasteiger partial charge on any atom is -0.340 e. The number of carbonyl (C=O) groups excluding carboxylic acids is 1. The Bertz CT molecular complexity index is 806. The molecule has 2 N–H and O–H groups in total. The van der Waals surface area contributed by atoms with Gasteiger partial charge in [-0.05, 0) is 42.5 Å². The highest BCUT2D eigenvalue weighted by Crippen LogP contribution is 2.17. The number of hydrogen-bond donors (Lipinski definition) is 2. The fourth-order valence-corrected chi connectivity index (χ4v) is 1.96. The van der Waals surface area contributed by atoms with Gasteiger partial charge in [-0.25, -0.2) is 9.37 Å². The Hall–Kier alpha value is -3.28. The highest BCUT2D eigenvalue weighted by atomic mass is 19.1. The third-order valence-corrected chi connectivity index (χ3v) is 3.04. The van der Waals surface area contributed by atoms with E-state index in [1.54, 1.807) is 42.6 Å². The predicted octanol–water partition coefficient (Wildman–Crippen LogP) is 3.61. The van der Waals surface area contributed by atoms with Crippen molar-refractivity contribution in [2.75, 3.05) is 10.6 Å². The molecule has 0 spiro atoms. The van der Waals surface area contributed by atoms with E-state index < -0.39 is 0 Å². The lowest BCUT2D eigenvalue weighted by molar-refractivity contribution is 0.102. The van der Waals surface area contributed by atoms with E-state index in [2.05, 4.69) is 20.6 Å². The van der Waals surface area contributed by atoms with Crippen molar-refractivity contribution in [3.63, 3.8) is 0 Å². The van der Waals surface area contributed by atoms with Crippen LogP contribution >= 0.6 is 0 Å². The Balaban J connectivity index is 1.66. The van der Waals surface area contributed by atoms with Gasteiger partial charge >= 0.3 is 0 Å². The lowest BCUT2D eigenvalue weighted by atomic mass is 10.2. The molecule has 0 aliphatic heterocycles. The number of hydrogen-bond acceptors (Lipinski definition) is 4. The molecule has 6 heteroatoms. The van der Waals surface area contributed by atoms with Crippen molar-refractivity contribution in [1.29, 1.82) is 0 Å². The average molecular weight is 308 g/mol. The molecule has 0 radical (unpaired) electrons. The highest BCUT2D eigenvalue weighted by Gasteiger charge is 2.06. The summed E-state index contributed by atoms with van der Waals surface area (Å²) in [5, 5.41) is 5.71. The first kappa shape index (κ1) is 14.6. The maximum atomic E-state index is 13.1. The summed E-state index contributed by atoms with van der Waals surface area (Å²) in [6.45, 7) is 0. The molecule has 2 aromatic heterocycles. The van der Waals surface area contributed by atoms with Crippen molar-refractivity contribution in [2.45, 2.75) is 0 Å². The van der Waals surface area contributed by atoms with Crippen molar-refractivity contribution in [3.8, 4) is 0 Å². The maximum absolute atomic E-state index is 13.1. The lowest BCUT2D eigenvalue weighted by Crippen LogP contribution is -2.12. The van der Waals surface area contributed by atoms with Crippen LogP contribution in [0.1, 0.15) is 10.4 Å². The van der Waals surface area contributed by atoms with Gasteiger partial charge in [0.2, 0.25) is 0 Å². The quantitative estimate of drug-likeness (QED) is 0.772. The predicted molar refractivity (Wildman–Crippen MR) is 86.1 cm³/mol. The molecule has 3 rings (SSSR count). The number of rotatable bonds is 4. The molecule has 0 saturated heterocycles. The average Bonchev–Trinajstić information content (AvgIpc) is 2.57. The zero-order chi connectivity index (χ0) is 16.1. The van der Waals surface area contributed by atoms with Crippen LogP contribution in [-0.4, -0.2) is 15.9 Å². The van der Waals surface area contributed by atoms with Crippen molar-refractivity contribution >= 4 is 23.1 Å². The van der Waals surface area contributed by atoms with Crippen LogP contribution in [0.3, 0.4) is 0 Å². The number of carbonyl (C=O) groups is 1. The Morgan fingerprint density at radius 1 is 1.00 bits per heavy atom. The second kappa shape index (κ2) is 6.65. The Morgan fingerprint density at radius 2 is 1.91 bits per heavy atom. The molecule has 0 aliphatic carbocycles. The molecule has 0 fully saturated rings. The van der Waals surface area contributed by atoms with Gasteiger partial charge in [-0.3, -0.25) is 9.78 Å². The maximum Gasteiger partial charge on any atom is 0.257 e. The van der Waals surface area contributed by atoms with Crippen molar-refractivity contribution in [2.24, 2.45) is 0 Å². The summed E-state index contributed by atoms with van der Waals surface area (Å²) in [6.07, 6.45) is 4.61. The lowest BCUT2D eigenvalue weighted by Gasteiger charge is -2.08. The van der Waals surface area contributed by atoms with E-state index in [9.17, 15) is 9.18 Å². The van der Waals surface area contributed by atoms with E-state index in [1.165, 1.54) is 24.5 Å². The van der Waals surface area contributed by atoms with Gasteiger partial charge in [0.1, 0.15) is 11.6 Å². The van der Waals surface area contributed by atoms with Crippen LogP contribution in [0.2, 0.25) is 0 Å². The van der Waals surface area contributed by atoms with Gasteiger partial charge in [-0.2, -0.15) is 0 Å². The molecule has 0 aliphatic rings. The molecule has 2 heterocycles. The van der Waals surface area contributed by atoms with E-state index in [1.807, 2.05) is 0 Å². The number of anilines is 3. The zero-order valence-corrected chi connectivity index (χ0v) is 12.0. The molecule has 0 unspecified atom stereocenters. The van der Waals surface area contributed by atoms with Gasteiger partial charge in [0.05, 0.1) is 17.4 Å². The van der Waals surface area contributed by atoms with E-state index in [4.69, 9.17) is 0 Å². The third-order valence-electron chi connectivity index (χ3n) is 3.04. The molecular formula is C17H13FN4O.